The van der Waals surface area contributed by atoms with Crippen molar-refractivity contribution in [1.82, 2.24) is 0 Å². The molecule has 3 aromatic rings. The van der Waals surface area contributed by atoms with Crippen LogP contribution in [0.1, 0.15) is 11.1 Å². The molecule has 2 heteroatoms. The van der Waals surface area contributed by atoms with Gasteiger partial charge in [-0.25, -0.2) is 0 Å². The van der Waals surface area contributed by atoms with Crippen LogP contribution in [0, 0.1) is 0 Å². The van der Waals surface area contributed by atoms with E-state index in [1.165, 1.54) is 37.5 Å². The highest BCUT2D eigenvalue weighted by Crippen LogP contribution is 2.44. The topological polar surface area (TPSA) is 0 Å². The summed E-state index contributed by atoms with van der Waals surface area (Å²) in [6.07, 6.45) is 1.02. The van der Waals surface area contributed by atoms with E-state index >= 15 is 0 Å². The van der Waals surface area contributed by atoms with E-state index in [0.717, 1.165) is 10.9 Å². The van der Waals surface area contributed by atoms with Crippen molar-refractivity contribution in [3.05, 3.63) is 68.6 Å². The molecule has 1 aliphatic carbocycles. The van der Waals surface area contributed by atoms with Gasteiger partial charge in [-0.05, 0) is 57.6 Å². The van der Waals surface area contributed by atoms with E-state index in [1.807, 2.05) is 0 Å². The van der Waals surface area contributed by atoms with Crippen LogP contribution in [0.3, 0.4) is 0 Å². The van der Waals surface area contributed by atoms with Crippen LogP contribution in [0.15, 0.2) is 57.5 Å². The lowest BCUT2D eigenvalue weighted by atomic mass is 9.98. The van der Waals surface area contributed by atoms with Crippen molar-refractivity contribution in [2.45, 2.75) is 6.42 Å². The average Bonchev–Trinajstić information content (AvgIpc) is 2.76. The minimum atomic E-state index is 1.02. The molecule has 0 saturated heterocycles. The minimum Gasteiger partial charge on any atom is -0.0616 e. The van der Waals surface area contributed by atoms with Gasteiger partial charge in [0.2, 0.25) is 0 Å². The molecule has 0 heterocycles. The van der Waals surface area contributed by atoms with Gasteiger partial charge >= 0.3 is 0 Å². The van der Waals surface area contributed by atoms with Gasteiger partial charge in [-0.3, -0.25) is 0 Å². The predicted molar refractivity (Wildman–Crippen MR) is 87.6 cm³/mol. The summed E-state index contributed by atoms with van der Waals surface area (Å²) < 4.78 is 2.34. The Labute approximate surface area is 128 Å². The Bertz CT molecular complexity index is 819. The molecule has 92 valence electrons. The Hall–Kier alpha value is -1.12. The molecule has 0 aromatic heterocycles. The molecule has 0 fully saturated rings. The van der Waals surface area contributed by atoms with Gasteiger partial charge in [-0.1, -0.05) is 62.2 Å². The predicted octanol–water partition coefficient (Wildman–Crippen LogP) is 5.94. The molecule has 4 rings (SSSR count). The zero-order valence-electron chi connectivity index (χ0n) is 10.1. The van der Waals surface area contributed by atoms with Gasteiger partial charge < -0.3 is 0 Å². The highest BCUT2D eigenvalue weighted by atomic mass is 79.9. The van der Waals surface area contributed by atoms with Crippen LogP contribution in [0.25, 0.3) is 21.9 Å². The van der Waals surface area contributed by atoms with E-state index in [2.05, 4.69) is 80.4 Å². The van der Waals surface area contributed by atoms with Gasteiger partial charge in [0.25, 0.3) is 0 Å². The number of benzene rings is 3. The largest absolute Gasteiger partial charge is 0.0616 e. The molecular formula is C17H10Br2. The second kappa shape index (κ2) is 4.19. The first-order valence-corrected chi connectivity index (χ1v) is 7.81. The second-order valence-electron chi connectivity index (χ2n) is 4.92. The SMILES string of the molecule is Brc1ccc2c(c1)Cc1cc(Br)c3ccccc3c1-2. The molecule has 1 aliphatic rings. The maximum absolute atomic E-state index is 3.70. The van der Waals surface area contributed by atoms with E-state index in [0.29, 0.717) is 0 Å². The maximum atomic E-state index is 3.70. The van der Waals surface area contributed by atoms with Crippen LogP contribution in [-0.4, -0.2) is 0 Å². The Balaban J connectivity index is 2.14. The minimum absolute atomic E-state index is 1.02. The zero-order valence-corrected chi connectivity index (χ0v) is 13.3. The highest BCUT2D eigenvalue weighted by molar-refractivity contribution is 9.11. The van der Waals surface area contributed by atoms with E-state index < -0.39 is 0 Å². The van der Waals surface area contributed by atoms with E-state index in [4.69, 9.17) is 0 Å². The summed E-state index contributed by atoms with van der Waals surface area (Å²) in [5.74, 6) is 0. The summed E-state index contributed by atoms with van der Waals surface area (Å²) in [5.41, 5.74) is 5.61. The molecule has 19 heavy (non-hydrogen) atoms. The lowest BCUT2D eigenvalue weighted by Crippen LogP contribution is -1.84. The monoisotopic (exact) mass is 372 g/mol. The van der Waals surface area contributed by atoms with Gasteiger partial charge in [0, 0.05) is 8.95 Å². The molecule has 0 radical (unpaired) electrons. The Morgan fingerprint density at radius 3 is 2.42 bits per heavy atom. The van der Waals surface area contributed by atoms with Crippen molar-refractivity contribution in [3.63, 3.8) is 0 Å². The average molecular weight is 374 g/mol. The van der Waals surface area contributed by atoms with Crippen molar-refractivity contribution < 1.29 is 0 Å². The van der Waals surface area contributed by atoms with Crippen molar-refractivity contribution in [2.24, 2.45) is 0 Å². The van der Waals surface area contributed by atoms with Crippen molar-refractivity contribution >= 4 is 42.6 Å². The Morgan fingerprint density at radius 2 is 1.58 bits per heavy atom. The second-order valence-corrected chi connectivity index (χ2v) is 6.69. The molecule has 0 nitrogen and oxygen atoms in total. The lowest BCUT2D eigenvalue weighted by molar-refractivity contribution is 1.26. The van der Waals surface area contributed by atoms with Crippen LogP contribution in [-0.2, 0) is 6.42 Å². The lowest BCUT2D eigenvalue weighted by Gasteiger charge is -2.08. The fraction of sp³-hybridized carbons (Fsp3) is 0.0588. The molecule has 0 saturated carbocycles. The van der Waals surface area contributed by atoms with Crippen molar-refractivity contribution in [3.8, 4) is 11.1 Å². The van der Waals surface area contributed by atoms with Crippen LogP contribution in [0.4, 0.5) is 0 Å². The van der Waals surface area contributed by atoms with Crippen LogP contribution >= 0.6 is 31.9 Å². The number of fused-ring (bicyclic) bond motifs is 5. The number of hydrogen-bond acceptors (Lipinski definition) is 0. The van der Waals surface area contributed by atoms with E-state index in [-0.39, 0.29) is 0 Å². The summed E-state index contributed by atoms with van der Waals surface area (Å²) in [4.78, 5) is 0. The Kier molecular flexibility index (Phi) is 2.58. The van der Waals surface area contributed by atoms with E-state index in [1.54, 1.807) is 0 Å². The summed E-state index contributed by atoms with van der Waals surface area (Å²) in [6.45, 7) is 0. The first-order valence-electron chi connectivity index (χ1n) is 6.23. The number of halogens is 2. The molecule has 0 amide bonds. The summed E-state index contributed by atoms with van der Waals surface area (Å²) >= 11 is 7.27. The third-order valence-corrected chi connectivity index (χ3v) is 4.94. The standard InChI is InChI=1S/C17H10Br2/c18-12-5-6-13-10(8-12)7-11-9-16(19)14-3-1-2-4-15(14)17(11)13/h1-6,8-9H,7H2. The quantitative estimate of drug-likeness (QED) is 0.358. The molecule has 0 aliphatic heterocycles. The summed E-state index contributed by atoms with van der Waals surface area (Å²) in [6, 6.07) is 17.5. The molecule has 0 bridgehead atoms. The zero-order chi connectivity index (χ0) is 13.0. The van der Waals surface area contributed by atoms with Crippen molar-refractivity contribution in [2.75, 3.05) is 0 Å². The third kappa shape index (κ3) is 1.70. The van der Waals surface area contributed by atoms with Crippen molar-refractivity contribution in [1.29, 1.82) is 0 Å². The Morgan fingerprint density at radius 1 is 0.789 bits per heavy atom. The normalized spacial score (nSPS) is 12.5. The van der Waals surface area contributed by atoms with Gasteiger partial charge in [0.1, 0.15) is 0 Å². The number of hydrogen-bond donors (Lipinski definition) is 0. The molecule has 0 atom stereocenters. The number of rotatable bonds is 0. The smallest absolute Gasteiger partial charge is 0.0257 e. The van der Waals surface area contributed by atoms with Gasteiger partial charge in [-0.15, -0.1) is 0 Å². The van der Waals surface area contributed by atoms with Gasteiger partial charge in [0.15, 0.2) is 0 Å². The van der Waals surface area contributed by atoms with Crippen LogP contribution in [0.5, 0.6) is 0 Å². The molecule has 0 spiro atoms. The van der Waals surface area contributed by atoms with Crippen LogP contribution < -0.4 is 0 Å². The third-order valence-electron chi connectivity index (χ3n) is 3.79. The molecule has 0 N–H and O–H groups in total. The highest BCUT2D eigenvalue weighted by Gasteiger charge is 2.21. The molecular weight excluding hydrogens is 364 g/mol. The molecule has 0 unspecified atom stereocenters. The fourth-order valence-electron chi connectivity index (χ4n) is 3.00. The first-order chi connectivity index (χ1) is 9.24. The summed E-state index contributed by atoms with van der Waals surface area (Å²) in [5, 5.41) is 2.63. The molecule has 3 aromatic carbocycles. The first kappa shape index (κ1) is 11.7. The van der Waals surface area contributed by atoms with Crippen LogP contribution in [0.2, 0.25) is 0 Å². The maximum Gasteiger partial charge on any atom is 0.0257 e. The summed E-state index contributed by atoms with van der Waals surface area (Å²) in [7, 11) is 0. The van der Waals surface area contributed by atoms with Gasteiger partial charge in [-0.2, -0.15) is 0 Å². The van der Waals surface area contributed by atoms with E-state index in [9.17, 15) is 0 Å². The fourth-order valence-corrected chi connectivity index (χ4v) is 4.03. The van der Waals surface area contributed by atoms with Gasteiger partial charge in [0.05, 0.1) is 0 Å².